The second-order valence-corrected chi connectivity index (χ2v) is 9.33. The van der Waals surface area contributed by atoms with Gasteiger partial charge in [0.15, 0.2) is 16.8 Å². The number of hydrogen-bond donors (Lipinski definition) is 1. The number of carbonyl (C=O) groups excluding carboxylic acids is 2. The van der Waals surface area contributed by atoms with E-state index >= 15 is 0 Å². The van der Waals surface area contributed by atoms with E-state index in [0.29, 0.717) is 45.2 Å². The molecule has 0 saturated heterocycles. The van der Waals surface area contributed by atoms with E-state index in [9.17, 15) is 9.59 Å². The van der Waals surface area contributed by atoms with Crippen molar-refractivity contribution in [3.8, 4) is 5.75 Å². The van der Waals surface area contributed by atoms with Crippen LogP contribution >= 0.6 is 23.4 Å². The maximum Gasteiger partial charge on any atom is 0.253 e. The number of rotatable bonds is 10. The minimum absolute atomic E-state index is 0.0158. The third-order valence-corrected chi connectivity index (χ3v) is 6.41. The van der Waals surface area contributed by atoms with Gasteiger partial charge in [-0.25, -0.2) is 0 Å². The van der Waals surface area contributed by atoms with Gasteiger partial charge in [-0.2, -0.15) is 0 Å². The van der Waals surface area contributed by atoms with Gasteiger partial charge in [-0.15, -0.1) is 10.2 Å². The van der Waals surface area contributed by atoms with Gasteiger partial charge in [0.2, 0.25) is 0 Å². The Balaban J connectivity index is 1.72. The Morgan fingerprint density at radius 2 is 1.82 bits per heavy atom. The lowest BCUT2D eigenvalue weighted by Gasteiger charge is -2.20. The van der Waals surface area contributed by atoms with Crippen LogP contribution in [0.4, 0.5) is 0 Å². The van der Waals surface area contributed by atoms with Crippen molar-refractivity contribution in [2.24, 2.45) is 13.0 Å². The number of nitrogens with one attached hydrogen (secondary N) is 1. The molecule has 1 atom stereocenters. The van der Waals surface area contributed by atoms with Crippen molar-refractivity contribution in [1.29, 1.82) is 0 Å². The van der Waals surface area contributed by atoms with Gasteiger partial charge < -0.3 is 14.6 Å². The van der Waals surface area contributed by atoms with Crippen molar-refractivity contribution < 1.29 is 14.3 Å². The summed E-state index contributed by atoms with van der Waals surface area (Å²) in [5, 5.41) is 12.6. The van der Waals surface area contributed by atoms with Crippen LogP contribution < -0.4 is 10.1 Å². The summed E-state index contributed by atoms with van der Waals surface area (Å²) in [6.07, 6.45) is 0.678. The fraction of sp³-hybridized carbons (Fsp3) is 0.333. The molecule has 3 rings (SSSR count). The number of ether oxygens (including phenoxy) is 1. The highest BCUT2D eigenvalue weighted by Crippen LogP contribution is 2.25. The zero-order valence-electron chi connectivity index (χ0n) is 19.0. The third-order valence-electron chi connectivity index (χ3n) is 5.06. The van der Waals surface area contributed by atoms with E-state index < -0.39 is 0 Å². The molecule has 0 aliphatic rings. The molecule has 2 aromatic carbocycles. The van der Waals surface area contributed by atoms with Gasteiger partial charge in [-0.3, -0.25) is 9.59 Å². The lowest BCUT2D eigenvalue weighted by Crippen LogP contribution is -2.31. The van der Waals surface area contributed by atoms with E-state index in [4.69, 9.17) is 16.3 Å². The quantitative estimate of drug-likeness (QED) is 0.321. The van der Waals surface area contributed by atoms with Gasteiger partial charge in [-0.1, -0.05) is 49.3 Å². The van der Waals surface area contributed by atoms with Crippen LogP contribution in [0.1, 0.15) is 52.9 Å². The second kappa shape index (κ2) is 11.3. The monoisotopic (exact) mass is 486 g/mol. The zero-order chi connectivity index (χ0) is 24.0. The summed E-state index contributed by atoms with van der Waals surface area (Å²) in [6.45, 7) is 4.16. The number of aromatic nitrogens is 3. The number of halogens is 1. The first kappa shape index (κ1) is 24.8. The first-order valence-corrected chi connectivity index (χ1v) is 11.9. The molecule has 1 N–H and O–H groups in total. The average molecular weight is 487 g/mol. The number of methoxy groups -OCH3 is 1. The summed E-state index contributed by atoms with van der Waals surface area (Å²) in [6, 6.07) is 13.6. The maximum absolute atomic E-state index is 12.9. The van der Waals surface area contributed by atoms with E-state index in [1.54, 1.807) is 55.6 Å². The van der Waals surface area contributed by atoms with Crippen molar-refractivity contribution in [1.82, 2.24) is 20.1 Å². The van der Waals surface area contributed by atoms with E-state index in [1.807, 2.05) is 11.6 Å². The lowest BCUT2D eigenvalue weighted by molar-refractivity contribution is 0.0928. The van der Waals surface area contributed by atoms with Crippen molar-refractivity contribution >= 4 is 35.1 Å². The number of benzene rings is 2. The molecule has 7 nitrogen and oxygen atoms in total. The van der Waals surface area contributed by atoms with Crippen molar-refractivity contribution in [2.75, 3.05) is 12.9 Å². The van der Waals surface area contributed by atoms with Crippen LogP contribution in [-0.4, -0.2) is 39.3 Å². The van der Waals surface area contributed by atoms with Crippen LogP contribution in [0.25, 0.3) is 0 Å². The lowest BCUT2D eigenvalue weighted by atomic mass is 10.0. The fourth-order valence-corrected chi connectivity index (χ4v) is 4.36. The standard InChI is InChI=1S/C24H27ClN4O3S/c1-15(2)13-20(26-23(31)18-7-5-6-8-19(18)25)22-27-28-24(29(22)3)33-14-21(30)16-9-11-17(32-4)12-10-16/h5-12,15,20H,13-14H2,1-4H3,(H,26,31)/t20-/m0/s1. The molecule has 0 bridgehead atoms. The molecule has 0 unspecified atom stereocenters. The van der Waals surface area contributed by atoms with Gasteiger partial charge in [0, 0.05) is 12.6 Å². The highest BCUT2D eigenvalue weighted by Gasteiger charge is 2.24. The Labute approximate surface area is 202 Å². The van der Waals surface area contributed by atoms with Gasteiger partial charge in [0.05, 0.1) is 29.5 Å². The topological polar surface area (TPSA) is 86.1 Å². The molecular formula is C24H27ClN4O3S. The fourth-order valence-electron chi connectivity index (χ4n) is 3.33. The predicted octanol–water partition coefficient (Wildman–Crippen LogP) is 4.97. The minimum Gasteiger partial charge on any atom is -0.497 e. The highest BCUT2D eigenvalue weighted by atomic mass is 35.5. The summed E-state index contributed by atoms with van der Waals surface area (Å²) < 4.78 is 6.96. The van der Waals surface area contributed by atoms with Crippen LogP contribution in [0.3, 0.4) is 0 Å². The average Bonchev–Trinajstić information content (AvgIpc) is 3.17. The largest absolute Gasteiger partial charge is 0.497 e. The number of amides is 1. The van der Waals surface area contributed by atoms with Gasteiger partial charge in [0.25, 0.3) is 5.91 Å². The molecule has 0 aliphatic carbocycles. The minimum atomic E-state index is -0.349. The number of hydrogen-bond acceptors (Lipinski definition) is 6. The Morgan fingerprint density at radius 3 is 2.45 bits per heavy atom. The summed E-state index contributed by atoms with van der Waals surface area (Å²) >= 11 is 7.50. The number of thioether (sulfide) groups is 1. The Bertz CT molecular complexity index is 1120. The Morgan fingerprint density at radius 1 is 1.12 bits per heavy atom. The van der Waals surface area contributed by atoms with Crippen molar-refractivity contribution in [2.45, 2.75) is 31.5 Å². The van der Waals surface area contributed by atoms with E-state index in [1.165, 1.54) is 11.8 Å². The van der Waals surface area contributed by atoms with Crippen LogP contribution in [0.2, 0.25) is 5.02 Å². The van der Waals surface area contributed by atoms with Gasteiger partial charge >= 0.3 is 0 Å². The van der Waals surface area contributed by atoms with Crippen LogP contribution in [0.5, 0.6) is 5.75 Å². The third kappa shape index (κ3) is 6.36. The SMILES string of the molecule is COc1ccc(C(=O)CSc2nnc([C@H](CC(C)C)NC(=O)c3ccccc3Cl)n2C)cc1. The number of Topliss-reactive ketones (excluding diaryl/α,β-unsaturated/α-hetero) is 1. The molecule has 0 spiro atoms. The molecule has 1 heterocycles. The first-order chi connectivity index (χ1) is 15.8. The van der Waals surface area contributed by atoms with Gasteiger partial charge in [0.1, 0.15) is 5.75 Å². The number of nitrogens with zero attached hydrogens (tertiary/aromatic N) is 3. The van der Waals surface area contributed by atoms with Crippen molar-refractivity contribution in [3.05, 3.63) is 70.5 Å². The van der Waals surface area contributed by atoms with E-state index in [2.05, 4.69) is 29.4 Å². The molecule has 9 heteroatoms. The molecule has 1 aromatic heterocycles. The van der Waals surface area contributed by atoms with E-state index in [-0.39, 0.29) is 23.5 Å². The number of carbonyl (C=O) groups is 2. The molecule has 1 amide bonds. The number of ketones is 1. The summed E-state index contributed by atoms with van der Waals surface area (Å²) in [5.74, 6) is 1.58. The maximum atomic E-state index is 12.9. The molecule has 0 radical (unpaired) electrons. The zero-order valence-corrected chi connectivity index (χ0v) is 20.6. The molecule has 33 heavy (non-hydrogen) atoms. The summed E-state index contributed by atoms with van der Waals surface area (Å²) in [5.41, 5.74) is 1.02. The molecule has 3 aromatic rings. The van der Waals surface area contributed by atoms with E-state index in [0.717, 1.165) is 0 Å². The second-order valence-electron chi connectivity index (χ2n) is 7.98. The smallest absolute Gasteiger partial charge is 0.253 e. The molecular weight excluding hydrogens is 460 g/mol. The Kier molecular flexibility index (Phi) is 8.52. The summed E-state index contributed by atoms with van der Waals surface area (Å²) in [4.78, 5) is 25.4. The first-order valence-electron chi connectivity index (χ1n) is 10.5. The predicted molar refractivity (Wildman–Crippen MR) is 130 cm³/mol. The van der Waals surface area contributed by atoms with Crippen LogP contribution in [0.15, 0.2) is 53.7 Å². The van der Waals surface area contributed by atoms with Crippen molar-refractivity contribution in [3.63, 3.8) is 0 Å². The van der Waals surface area contributed by atoms with Crippen LogP contribution in [-0.2, 0) is 7.05 Å². The molecule has 174 valence electrons. The highest BCUT2D eigenvalue weighted by molar-refractivity contribution is 7.99. The Hall–Kier alpha value is -2.84. The molecule has 0 aliphatic heterocycles. The molecule has 0 saturated carbocycles. The van der Waals surface area contributed by atoms with Gasteiger partial charge in [-0.05, 0) is 48.7 Å². The van der Waals surface area contributed by atoms with Crippen LogP contribution in [0, 0.1) is 5.92 Å². The molecule has 0 fully saturated rings. The summed E-state index contributed by atoms with van der Waals surface area (Å²) in [7, 11) is 3.42. The normalized spacial score (nSPS) is 11.9.